The molecule has 0 aromatic heterocycles. The molecule has 2 N–H and O–H groups in total. The molecule has 0 aromatic rings. The predicted molar refractivity (Wildman–Crippen MR) is 110 cm³/mol. The van der Waals surface area contributed by atoms with Gasteiger partial charge in [0, 0.05) is 12.3 Å². The number of carbonyl (C=O) groups is 2. The molecule has 0 bridgehead atoms. The van der Waals surface area contributed by atoms with Gasteiger partial charge in [-0.15, -0.1) is 0 Å². The number of ether oxygens (including phenoxy) is 2. The number of hydrogen-bond acceptors (Lipinski definition) is 6. The van der Waals surface area contributed by atoms with E-state index in [0.717, 1.165) is 38.5 Å². The van der Waals surface area contributed by atoms with E-state index in [2.05, 4.69) is 25.5 Å². The van der Waals surface area contributed by atoms with Gasteiger partial charge in [0.25, 0.3) is 6.48 Å². The summed E-state index contributed by atoms with van der Waals surface area (Å²) < 4.78 is 9.82. The molecule has 0 heterocycles. The van der Waals surface area contributed by atoms with E-state index in [1.807, 2.05) is 6.08 Å². The Balaban J connectivity index is 1.50. The van der Waals surface area contributed by atoms with Crippen LogP contribution in [-0.2, 0) is 19.1 Å². The SMILES string of the molecule is C[C@H]1C[C@H]2[C@@H]3CCC4=CC(=O)CC[C@]4(C)[C@H]3CC[C@]2(C)[C@H]1C(=O)COCOC(O)O. The first-order chi connectivity index (χ1) is 14.2. The lowest BCUT2D eigenvalue weighted by Crippen LogP contribution is -2.51. The number of fused-ring (bicyclic) bond motifs is 5. The molecule has 0 aromatic carbocycles. The smallest absolute Gasteiger partial charge is 0.268 e. The lowest BCUT2D eigenvalue weighted by molar-refractivity contribution is -0.268. The van der Waals surface area contributed by atoms with Crippen LogP contribution in [0.2, 0.25) is 0 Å². The fourth-order valence-electron chi connectivity index (χ4n) is 7.95. The summed E-state index contributed by atoms with van der Waals surface area (Å²) in [6.45, 7) is 4.65. The van der Waals surface area contributed by atoms with E-state index >= 15 is 0 Å². The van der Waals surface area contributed by atoms with Crippen LogP contribution in [-0.4, -0.2) is 41.7 Å². The molecule has 7 atom stereocenters. The highest BCUT2D eigenvalue weighted by atomic mass is 16.8. The van der Waals surface area contributed by atoms with Gasteiger partial charge in [0.1, 0.15) is 6.61 Å². The molecule has 6 heteroatoms. The molecule has 0 radical (unpaired) electrons. The number of allylic oxidation sites excluding steroid dienone is 1. The van der Waals surface area contributed by atoms with E-state index in [1.54, 1.807) is 0 Å². The molecule has 0 spiro atoms. The maximum absolute atomic E-state index is 13.1. The standard InChI is InChI=1S/C24H36O6/c1-14-10-19-17-5-4-15-11-16(25)6-8-23(15,2)18(17)7-9-24(19,3)21(14)20(26)12-29-13-30-22(27)28/h11,14,17-19,21-22,27-28H,4-10,12-13H2,1-3H3/t14-,17+,18-,19-,21+,23-,24-/m0/s1. The van der Waals surface area contributed by atoms with Gasteiger partial charge < -0.3 is 19.7 Å². The number of aliphatic hydroxyl groups is 2. The van der Waals surface area contributed by atoms with Gasteiger partial charge in [0.2, 0.25) is 0 Å². The van der Waals surface area contributed by atoms with Gasteiger partial charge in [0.15, 0.2) is 18.4 Å². The molecule has 0 unspecified atom stereocenters. The molecule has 4 aliphatic carbocycles. The van der Waals surface area contributed by atoms with Gasteiger partial charge in [0.05, 0.1) is 0 Å². The van der Waals surface area contributed by atoms with Gasteiger partial charge in [-0.1, -0.05) is 26.3 Å². The van der Waals surface area contributed by atoms with Gasteiger partial charge in [-0.25, -0.2) is 0 Å². The van der Waals surface area contributed by atoms with Crippen LogP contribution >= 0.6 is 0 Å². The van der Waals surface area contributed by atoms with Crippen molar-refractivity contribution in [2.75, 3.05) is 13.4 Å². The summed E-state index contributed by atoms with van der Waals surface area (Å²) in [5.74, 6) is 2.45. The van der Waals surface area contributed by atoms with Crippen molar-refractivity contribution < 1.29 is 29.3 Å². The summed E-state index contributed by atoms with van der Waals surface area (Å²) in [5.41, 5.74) is 1.51. The van der Waals surface area contributed by atoms with Gasteiger partial charge in [-0.05, 0) is 79.1 Å². The van der Waals surface area contributed by atoms with Crippen LogP contribution in [0.4, 0.5) is 0 Å². The third-order valence-electron chi connectivity index (χ3n) is 9.20. The Morgan fingerprint density at radius 2 is 1.97 bits per heavy atom. The summed E-state index contributed by atoms with van der Waals surface area (Å²) >= 11 is 0. The van der Waals surface area contributed by atoms with E-state index in [9.17, 15) is 9.59 Å². The van der Waals surface area contributed by atoms with Crippen LogP contribution in [0.3, 0.4) is 0 Å². The summed E-state index contributed by atoms with van der Waals surface area (Å²) in [4.78, 5) is 25.1. The van der Waals surface area contributed by atoms with Crippen LogP contribution < -0.4 is 0 Å². The van der Waals surface area contributed by atoms with Crippen LogP contribution in [0.25, 0.3) is 0 Å². The second kappa shape index (κ2) is 8.12. The molecule has 3 saturated carbocycles. The van der Waals surface area contributed by atoms with Crippen LogP contribution in [0.5, 0.6) is 0 Å². The van der Waals surface area contributed by atoms with Crippen molar-refractivity contribution >= 4 is 11.6 Å². The largest absolute Gasteiger partial charge is 0.347 e. The lowest BCUT2D eigenvalue weighted by atomic mass is 9.46. The van der Waals surface area contributed by atoms with E-state index < -0.39 is 6.48 Å². The molecule has 0 aliphatic heterocycles. The van der Waals surface area contributed by atoms with Crippen LogP contribution in [0, 0.1) is 40.4 Å². The van der Waals surface area contributed by atoms with Crippen molar-refractivity contribution in [2.45, 2.75) is 72.2 Å². The third-order valence-corrected chi connectivity index (χ3v) is 9.20. The van der Waals surface area contributed by atoms with Crippen molar-refractivity contribution in [3.63, 3.8) is 0 Å². The molecule has 0 amide bonds. The summed E-state index contributed by atoms with van der Waals surface area (Å²) in [6, 6.07) is 0. The Hall–Kier alpha value is -1.08. The van der Waals surface area contributed by atoms with Gasteiger partial charge in [-0.2, -0.15) is 0 Å². The van der Waals surface area contributed by atoms with E-state index in [4.69, 9.17) is 14.9 Å². The zero-order valence-corrected chi connectivity index (χ0v) is 18.4. The van der Waals surface area contributed by atoms with E-state index in [0.29, 0.717) is 35.9 Å². The van der Waals surface area contributed by atoms with E-state index in [-0.39, 0.29) is 35.9 Å². The fourth-order valence-corrected chi connectivity index (χ4v) is 7.95. The predicted octanol–water partition coefficient (Wildman–Crippen LogP) is 3.21. The first-order valence-corrected chi connectivity index (χ1v) is 11.5. The van der Waals surface area contributed by atoms with Crippen molar-refractivity contribution in [3.8, 4) is 0 Å². The van der Waals surface area contributed by atoms with Crippen molar-refractivity contribution in [3.05, 3.63) is 11.6 Å². The Kier molecular flexibility index (Phi) is 5.99. The highest BCUT2D eigenvalue weighted by Gasteiger charge is 2.61. The molecule has 0 saturated heterocycles. The van der Waals surface area contributed by atoms with Crippen molar-refractivity contribution in [2.24, 2.45) is 40.4 Å². The molecular formula is C24H36O6. The normalized spacial score (nSPS) is 43.1. The Bertz CT molecular complexity index is 729. The minimum absolute atomic E-state index is 0.0135. The number of rotatable bonds is 6. The number of hydrogen-bond donors (Lipinski definition) is 2. The highest BCUT2D eigenvalue weighted by molar-refractivity contribution is 5.91. The molecule has 3 fully saturated rings. The summed E-state index contributed by atoms with van der Waals surface area (Å²) in [5, 5.41) is 17.5. The number of aliphatic hydroxyl groups excluding tert-OH is 1. The second-order valence-corrected chi connectivity index (χ2v) is 10.6. The second-order valence-electron chi connectivity index (χ2n) is 10.6. The minimum atomic E-state index is -1.88. The Morgan fingerprint density at radius 3 is 2.70 bits per heavy atom. The topological polar surface area (TPSA) is 93.1 Å². The first kappa shape index (κ1) is 22.1. The monoisotopic (exact) mass is 420 g/mol. The molecular weight excluding hydrogens is 384 g/mol. The summed E-state index contributed by atoms with van der Waals surface area (Å²) in [7, 11) is 0. The highest BCUT2D eigenvalue weighted by Crippen LogP contribution is 2.67. The number of carbonyl (C=O) groups excluding carboxylic acids is 2. The fraction of sp³-hybridized carbons (Fsp3) is 0.833. The van der Waals surface area contributed by atoms with E-state index in [1.165, 1.54) is 5.57 Å². The Labute approximate surface area is 179 Å². The average molecular weight is 421 g/mol. The maximum atomic E-state index is 13.1. The minimum Gasteiger partial charge on any atom is -0.347 e. The van der Waals surface area contributed by atoms with Crippen molar-refractivity contribution in [1.82, 2.24) is 0 Å². The zero-order valence-electron chi connectivity index (χ0n) is 18.4. The molecule has 4 rings (SSSR count). The first-order valence-electron chi connectivity index (χ1n) is 11.5. The zero-order chi connectivity index (χ0) is 21.7. The van der Waals surface area contributed by atoms with Crippen LogP contribution in [0.1, 0.15) is 65.7 Å². The van der Waals surface area contributed by atoms with Crippen molar-refractivity contribution in [1.29, 1.82) is 0 Å². The third kappa shape index (κ3) is 3.60. The molecule has 30 heavy (non-hydrogen) atoms. The number of ketones is 2. The van der Waals surface area contributed by atoms with Gasteiger partial charge in [-0.3, -0.25) is 9.59 Å². The average Bonchev–Trinajstić information content (AvgIpc) is 2.95. The Morgan fingerprint density at radius 1 is 1.20 bits per heavy atom. The lowest BCUT2D eigenvalue weighted by Gasteiger charge is -2.58. The molecule has 4 aliphatic rings. The molecule has 6 nitrogen and oxygen atoms in total. The summed E-state index contributed by atoms with van der Waals surface area (Å²) in [6.07, 6.45) is 8.99. The van der Waals surface area contributed by atoms with Crippen LogP contribution in [0.15, 0.2) is 11.6 Å². The maximum Gasteiger partial charge on any atom is 0.268 e. The molecule has 168 valence electrons. The number of Topliss-reactive ketones (excluding diaryl/α,β-unsaturated/α-hetero) is 1. The quantitative estimate of drug-likeness (QED) is 0.506. The van der Waals surface area contributed by atoms with Gasteiger partial charge >= 0.3 is 0 Å².